The molecule has 0 aliphatic rings. The average Bonchev–Trinajstić information content (AvgIpc) is 2.72. The number of ether oxygens (including phenoxy) is 2. The number of carbonyl (C=O) groups is 2. The van der Waals surface area contributed by atoms with Gasteiger partial charge in [-0.25, -0.2) is 0 Å². The molecule has 172 valence electrons. The van der Waals surface area contributed by atoms with Crippen LogP contribution in [0, 0.1) is 5.92 Å². The molecule has 1 aromatic rings. The van der Waals surface area contributed by atoms with E-state index < -0.39 is 5.97 Å². The molecule has 4 heteroatoms. The van der Waals surface area contributed by atoms with Crippen LogP contribution in [0.5, 0.6) is 0 Å². The highest BCUT2D eigenvalue weighted by Crippen LogP contribution is 2.22. The Balaban J connectivity index is 2.25. The van der Waals surface area contributed by atoms with Crippen LogP contribution in [0.3, 0.4) is 0 Å². The zero-order chi connectivity index (χ0) is 23.2. The van der Waals surface area contributed by atoms with Crippen molar-refractivity contribution in [3.63, 3.8) is 0 Å². The summed E-state index contributed by atoms with van der Waals surface area (Å²) in [6.07, 6.45) is 8.56. The summed E-state index contributed by atoms with van der Waals surface area (Å²) < 4.78 is 10.4. The van der Waals surface area contributed by atoms with Gasteiger partial charge in [0.2, 0.25) is 0 Å². The number of hydrogen-bond donors (Lipinski definition) is 0. The molecular formula is C27H40O4. The van der Waals surface area contributed by atoms with Crippen LogP contribution in [0.1, 0.15) is 96.6 Å². The van der Waals surface area contributed by atoms with Crippen molar-refractivity contribution in [3.05, 3.63) is 59.4 Å². The summed E-state index contributed by atoms with van der Waals surface area (Å²) in [6, 6.07) is 8.42. The second-order valence-corrected chi connectivity index (χ2v) is 8.91. The van der Waals surface area contributed by atoms with Crippen molar-refractivity contribution in [2.45, 2.75) is 85.5 Å². The standard InChI is InChI=1S/C27H40O4/c1-20(2)9-7-10-22(5)15-17-30-26(28)13-14-27(29)31-18-16-23(6)25-12-8-11-24(19-25)21(3)4/h8-9,11-12,16,18-19,21-23H,7,10,13-15,17H2,1-6H3. The summed E-state index contributed by atoms with van der Waals surface area (Å²) in [6.45, 7) is 13.1. The largest absolute Gasteiger partial charge is 0.466 e. The van der Waals surface area contributed by atoms with E-state index >= 15 is 0 Å². The first kappa shape index (κ1) is 26.7. The molecule has 2 atom stereocenters. The molecule has 0 N–H and O–H groups in total. The Hall–Kier alpha value is -2.36. The fourth-order valence-corrected chi connectivity index (χ4v) is 3.06. The molecule has 0 aliphatic carbocycles. The lowest BCUT2D eigenvalue weighted by Crippen LogP contribution is -2.11. The Morgan fingerprint density at radius 3 is 2.32 bits per heavy atom. The fraction of sp³-hybridized carbons (Fsp3) is 0.556. The van der Waals surface area contributed by atoms with Crippen LogP contribution in [0.15, 0.2) is 48.3 Å². The van der Waals surface area contributed by atoms with Gasteiger partial charge in [0, 0.05) is 5.92 Å². The minimum atomic E-state index is -0.425. The molecule has 0 spiro atoms. The van der Waals surface area contributed by atoms with Gasteiger partial charge in [-0.1, -0.05) is 63.6 Å². The molecule has 1 rings (SSSR count). The lowest BCUT2D eigenvalue weighted by atomic mass is 9.95. The predicted octanol–water partition coefficient (Wildman–Crippen LogP) is 7.07. The number of esters is 2. The second kappa shape index (κ2) is 14.6. The number of allylic oxidation sites excluding steroid dienone is 3. The van der Waals surface area contributed by atoms with E-state index in [1.54, 1.807) is 0 Å². The van der Waals surface area contributed by atoms with E-state index in [9.17, 15) is 9.59 Å². The first-order valence-electron chi connectivity index (χ1n) is 11.4. The van der Waals surface area contributed by atoms with Crippen molar-refractivity contribution in [2.24, 2.45) is 5.92 Å². The summed E-state index contributed by atoms with van der Waals surface area (Å²) >= 11 is 0. The van der Waals surface area contributed by atoms with Crippen LogP contribution in [0.2, 0.25) is 0 Å². The highest BCUT2D eigenvalue weighted by atomic mass is 16.5. The first-order chi connectivity index (χ1) is 14.7. The molecule has 0 radical (unpaired) electrons. The van der Waals surface area contributed by atoms with Crippen LogP contribution < -0.4 is 0 Å². The molecule has 0 saturated carbocycles. The van der Waals surface area contributed by atoms with Gasteiger partial charge in [0.1, 0.15) is 0 Å². The van der Waals surface area contributed by atoms with Gasteiger partial charge < -0.3 is 9.47 Å². The maximum absolute atomic E-state index is 11.9. The summed E-state index contributed by atoms with van der Waals surface area (Å²) in [5.41, 5.74) is 3.79. The average molecular weight is 429 g/mol. The normalized spacial score (nSPS) is 13.1. The molecule has 31 heavy (non-hydrogen) atoms. The van der Waals surface area contributed by atoms with E-state index in [1.165, 1.54) is 23.0 Å². The van der Waals surface area contributed by atoms with E-state index in [0.717, 1.165) is 19.3 Å². The Morgan fingerprint density at radius 1 is 0.968 bits per heavy atom. The number of hydrogen-bond acceptors (Lipinski definition) is 4. The van der Waals surface area contributed by atoms with Gasteiger partial charge in [-0.05, 0) is 62.1 Å². The van der Waals surface area contributed by atoms with Gasteiger partial charge >= 0.3 is 11.9 Å². The lowest BCUT2D eigenvalue weighted by Gasteiger charge is -2.11. The highest BCUT2D eigenvalue weighted by Gasteiger charge is 2.10. The molecule has 1 aromatic carbocycles. The lowest BCUT2D eigenvalue weighted by molar-refractivity contribution is -0.148. The zero-order valence-electron chi connectivity index (χ0n) is 20.1. The summed E-state index contributed by atoms with van der Waals surface area (Å²) in [5, 5.41) is 0. The molecule has 0 amide bonds. The Morgan fingerprint density at radius 2 is 1.65 bits per heavy atom. The molecule has 0 aromatic heterocycles. The quantitative estimate of drug-likeness (QED) is 0.192. The summed E-state index contributed by atoms with van der Waals surface area (Å²) in [7, 11) is 0. The van der Waals surface area contributed by atoms with Crippen LogP contribution in [-0.4, -0.2) is 18.5 Å². The highest BCUT2D eigenvalue weighted by molar-refractivity contribution is 5.77. The number of rotatable bonds is 13. The number of benzene rings is 1. The molecular weight excluding hydrogens is 388 g/mol. The monoisotopic (exact) mass is 428 g/mol. The molecule has 0 fully saturated rings. The van der Waals surface area contributed by atoms with Gasteiger partial charge in [-0.15, -0.1) is 0 Å². The van der Waals surface area contributed by atoms with E-state index in [4.69, 9.17) is 9.47 Å². The van der Waals surface area contributed by atoms with E-state index in [-0.39, 0.29) is 24.7 Å². The molecule has 0 bridgehead atoms. The van der Waals surface area contributed by atoms with Crippen molar-refractivity contribution in [1.82, 2.24) is 0 Å². The number of carbonyl (C=O) groups excluding carboxylic acids is 2. The second-order valence-electron chi connectivity index (χ2n) is 8.91. The van der Waals surface area contributed by atoms with Gasteiger partial charge in [0.05, 0.1) is 25.7 Å². The zero-order valence-corrected chi connectivity index (χ0v) is 20.1. The Labute approximate surface area is 188 Å². The van der Waals surface area contributed by atoms with Crippen molar-refractivity contribution in [2.75, 3.05) is 6.61 Å². The van der Waals surface area contributed by atoms with Gasteiger partial charge in [-0.3, -0.25) is 9.59 Å². The first-order valence-corrected chi connectivity index (χ1v) is 11.4. The minimum Gasteiger partial charge on any atom is -0.466 e. The Kier molecular flexibility index (Phi) is 12.6. The van der Waals surface area contributed by atoms with Crippen LogP contribution in [0.25, 0.3) is 0 Å². The maximum atomic E-state index is 11.9. The van der Waals surface area contributed by atoms with Crippen LogP contribution in [-0.2, 0) is 19.1 Å². The topological polar surface area (TPSA) is 52.6 Å². The predicted molar refractivity (Wildman–Crippen MR) is 127 cm³/mol. The van der Waals surface area contributed by atoms with E-state index in [1.807, 2.05) is 6.08 Å². The van der Waals surface area contributed by atoms with Crippen LogP contribution >= 0.6 is 0 Å². The van der Waals surface area contributed by atoms with Crippen LogP contribution in [0.4, 0.5) is 0 Å². The third-order valence-electron chi connectivity index (χ3n) is 5.29. The molecule has 0 heterocycles. The smallest absolute Gasteiger partial charge is 0.311 e. The fourth-order valence-electron chi connectivity index (χ4n) is 3.06. The van der Waals surface area contributed by atoms with E-state index in [2.05, 4.69) is 71.9 Å². The van der Waals surface area contributed by atoms with Crippen molar-refractivity contribution in [3.8, 4) is 0 Å². The summed E-state index contributed by atoms with van der Waals surface area (Å²) in [4.78, 5) is 23.7. The van der Waals surface area contributed by atoms with Crippen molar-refractivity contribution >= 4 is 11.9 Å². The van der Waals surface area contributed by atoms with E-state index in [0.29, 0.717) is 18.4 Å². The summed E-state index contributed by atoms with van der Waals surface area (Å²) in [5.74, 6) is 0.332. The molecule has 0 saturated heterocycles. The third-order valence-corrected chi connectivity index (χ3v) is 5.29. The van der Waals surface area contributed by atoms with Crippen molar-refractivity contribution in [1.29, 1.82) is 0 Å². The third kappa shape index (κ3) is 12.2. The van der Waals surface area contributed by atoms with Gasteiger partial charge in [-0.2, -0.15) is 0 Å². The van der Waals surface area contributed by atoms with Crippen molar-refractivity contribution < 1.29 is 19.1 Å². The molecule has 4 nitrogen and oxygen atoms in total. The Bertz CT molecular complexity index is 741. The SMILES string of the molecule is CC(C)=CCCC(C)CCOC(=O)CCC(=O)OC=CC(C)c1cccc(C(C)C)c1. The molecule has 0 aliphatic heterocycles. The van der Waals surface area contributed by atoms with Gasteiger partial charge in [0.25, 0.3) is 0 Å². The maximum Gasteiger partial charge on any atom is 0.311 e. The van der Waals surface area contributed by atoms with Gasteiger partial charge in [0.15, 0.2) is 0 Å². The molecule has 2 unspecified atom stereocenters. The minimum absolute atomic E-state index is 0.0243.